The number of benzene rings is 2. The molecule has 3 saturated heterocycles. The van der Waals surface area contributed by atoms with Crippen molar-refractivity contribution in [3.8, 4) is 6.07 Å². The lowest BCUT2D eigenvalue weighted by Gasteiger charge is -2.42. The predicted molar refractivity (Wildman–Crippen MR) is 191 cm³/mol. The van der Waals surface area contributed by atoms with Gasteiger partial charge < -0.3 is 10.2 Å². The monoisotopic (exact) mass is 756 g/mol. The Balaban J connectivity index is 0.864. The Morgan fingerprint density at radius 1 is 0.982 bits per heavy atom. The van der Waals surface area contributed by atoms with Crippen LogP contribution in [0.15, 0.2) is 48.8 Å². The normalized spacial score (nSPS) is 24.7. The maximum atomic E-state index is 13.5. The van der Waals surface area contributed by atoms with Crippen molar-refractivity contribution < 1.29 is 37.1 Å². The number of carbonyl (C=O) groups is 5. The molecule has 2 N–H and O–H groups in total. The molecule has 16 heteroatoms. The lowest BCUT2D eigenvalue weighted by Crippen LogP contribution is -2.54. The third kappa shape index (κ3) is 6.33. The number of nitrogens with one attached hydrogen (secondary N) is 2. The zero-order valence-electron chi connectivity index (χ0n) is 30.2. The van der Waals surface area contributed by atoms with Crippen molar-refractivity contribution in [2.45, 2.75) is 88.1 Å². The second-order valence-electron chi connectivity index (χ2n) is 15.7. The van der Waals surface area contributed by atoms with E-state index in [2.05, 4.69) is 25.5 Å². The van der Waals surface area contributed by atoms with Gasteiger partial charge >= 0.3 is 6.18 Å². The first-order chi connectivity index (χ1) is 26.1. The highest BCUT2D eigenvalue weighted by atomic mass is 19.4. The molecule has 3 aromatic rings. The van der Waals surface area contributed by atoms with Gasteiger partial charge in [-0.3, -0.25) is 43.8 Å². The smallest absolute Gasteiger partial charge is 0.368 e. The van der Waals surface area contributed by atoms with Gasteiger partial charge in [0.25, 0.3) is 17.7 Å². The summed E-state index contributed by atoms with van der Waals surface area (Å²) < 4.78 is 42.0. The van der Waals surface area contributed by atoms with Crippen molar-refractivity contribution in [1.82, 2.24) is 24.9 Å². The fourth-order valence-electron chi connectivity index (χ4n) is 9.09. The molecule has 1 aliphatic carbocycles. The number of anilines is 2. The van der Waals surface area contributed by atoms with Crippen molar-refractivity contribution in [2.75, 3.05) is 29.9 Å². The van der Waals surface area contributed by atoms with Crippen LogP contribution in [0.3, 0.4) is 0 Å². The summed E-state index contributed by atoms with van der Waals surface area (Å²) in [6.45, 7) is 5.92. The van der Waals surface area contributed by atoms with E-state index < -0.39 is 58.4 Å². The van der Waals surface area contributed by atoms with E-state index in [9.17, 15) is 37.1 Å². The molecule has 13 nitrogen and oxygen atoms in total. The topological polar surface area (TPSA) is 161 Å². The van der Waals surface area contributed by atoms with E-state index in [0.29, 0.717) is 18.0 Å². The number of piperidine rings is 3. The molecule has 55 heavy (non-hydrogen) atoms. The molecule has 0 spiro atoms. The molecule has 2 aromatic carbocycles. The summed E-state index contributed by atoms with van der Waals surface area (Å²) in [7, 11) is 0. The molecule has 2 bridgehead atoms. The van der Waals surface area contributed by atoms with Crippen LogP contribution in [0.4, 0.5) is 24.5 Å². The van der Waals surface area contributed by atoms with E-state index in [4.69, 9.17) is 5.26 Å². The van der Waals surface area contributed by atoms with Gasteiger partial charge in [-0.1, -0.05) is 0 Å². The number of amides is 5. The van der Waals surface area contributed by atoms with Crippen molar-refractivity contribution >= 4 is 40.9 Å². The number of hydrogen-bond acceptors (Lipinski definition) is 9. The van der Waals surface area contributed by atoms with Crippen molar-refractivity contribution in [3.63, 3.8) is 0 Å². The number of imide groups is 2. The number of aromatic nitrogens is 2. The molecule has 4 unspecified atom stereocenters. The van der Waals surface area contributed by atoms with Crippen LogP contribution in [-0.4, -0.2) is 86.9 Å². The standard InChI is InChI=1S/C39H39F3N8O5/c1-38(2,37(55)45-25-4-3-22(17-43)30(14-25)39(40,41)42)49-20-24(18-44-49)21-9-11-47(12-10-21)32-16-27-13-23(32)19-48(27)26-5-6-28-29(15-26)36(54)50(35(28)53)31-7-8-33(51)46-34(31)52/h3-6,14-15,18,20-21,23,27,31-32H,7-13,16,19H2,1-2H3,(H,45,55)(H,46,51,52). The van der Waals surface area contributed by atoms with Gasteiger partial charge in [0.15, 0.2) is 0 Å². The van der Waals surface area contributed by atoms with E-state index in [1.807, 2.05) is 12.3 Å². The molecule has 1 saturated carbocycles. The molecule has 5 heterocycles. The van der Waals surface area contributed by atoms with E-state index in [0.717, 1.165) is 73.6 Å². The molecule has 0 radical (unpaired) electrons. The van der Waals surface area contributed by atoms with Crippen LogP contribution in [0.2, 0.25) is 0 Å². The highest BCUT2D eigenvalue weighted by molar-refractivity contribution is 6.23. The van der Waals surface area contributed by atoms with Gasteiger partial charge in [0.05, 0.1) is 34.5 Å². The highest BCUT2D eigenvalue weighted by Crippen LogP contribution is 2.45. The van der Waals surface area contributed by atoms with E-state index in [1.165, 1.54) is 16.8 Å². The maximum absolute atomic E-state index is 13.5. The van der Waals surface area contributed by atoms with E-state index in [1.54, 1.807) is 32.2 Å². The van der Waals surface area contributed by atoms with Crippen LogP contribution in [0.1, 0.15) is 95.7 Å². The Labute approximate surface area is 314 Å². The first kappa shape index (κ1) is 36.4. The minimum absolute atomic E-state index is 0.0647. The minimum Gasteiger partial charge on any atom is -0.368 e. The Bertz CT molecular complexity index is 2170. The molecule has 1 aromatic heterocycles. The summed E-state index contributed by atoms with van der Waals surface area (Å²) in [5.74, 6) is -1.94. The Hall–Kier alpha value is -5.56. The largest absolute Gasteiger partial charge is 0.417 e. The molecular weight excluding hydrogens is 717 g/mol. The highest BCUT2D eigenvalue weighted by Gasteiger charge is 2.49. The zero-order valence-corrected chi connectivity index (χ0v) is 30.2. The van der Waals surface area contributed by atoms with Gasteiger partial charge in [-0.2, -0.15) is 23.5 Å². The van der Waals surface area contributed by atoms with Crippen LogP contribution < -0.4 is 15.5 Å². The van der Waals surface area contributed by atoms with Crippen molar-refractivity contribution in [3.05, 3.63) is 76.6 Å². The number of fused-ring (bicyclic) bond motifs is 3. The second-order valence-corrected chi connectivity index (χ2v) is 15.7. The van der Waals surface area contributed by atoms with Crippen LogP contribution in [0, 0.1) is 17.2 Å². The first-order valence-corrected chi connectivity index (χ1v) is 18.5. The Morgan fingerprint density at radius 3 is 2.40 bits per heavy atom. The average Bonchev–Trinajstić information content (AvgIpc) is 3.96. The van der Waals surface area contributed by atoms with Crippen LogP contribution in [-0.2, 0) is 26.1 Å². The fourth-order valence-corrected chi connectivity index (χ4v) is 9.09. The predicted octanol–water partition coefficient (Wildman–Crippen LogP) is 4.40. The van der Waals surface area contributed by atoms with Gasteiger partial charge in [-0.05, 0) is 113 Å². The summed E-state index contributed by atoms with van der Waals surface area (Å²) in [5, 5.41) is 18.3. The van der Waals surface area contributed by atoms with Gasteiger partial charge in [0, 0.05) is 42.6 Å². The third-order valence-corrected chi connectivity index (χ3v) is 12.2. The first-order valence-electron chi connectivity index (χ1n) is 18.5. The Kier molecular flexibility index (Phi) is 8.83. The number of nitrogens with zero attached hydrogens (tertiary/aromatic N) is 6. The molecule has 4 atom stereocenters. The number of carbonyl (C=O) groups excluding carboxylic acids is 5. The fraction of sp³-hybridized carbons (Fsp3) is 0.462. The van der Waals surface area contributed by atoms with Gasteiger partial charge in [0.2, 0.25) is 11.8 Å². The number of hydrogen-bond donors (Lipinski definition) is 2. The number of likely N-dealkylation sites (tertiary alicyclic amines) is 1. The number of rotatable bonds is 7. The summed E-state index contributed by atoms with van der Waals surface area (Å²) in [5.41, 5.74) is -0.480. The summed E-state index contributed by atoms with van der Waals surface area (Å²) in [6.07, 6.45) is 2.86. The van der Waals surface area contributed by atoms with Crippen molar-refractivity contribution in [1.29, 1.82) is 5.26 Å². The summed E-state index contributed by atoms with van der Waals surface area (Å²) in [4.78, 5) is 69.8. The minimum atomic E-state index is -4.74. The maximum Gasteiger partial charge on any atom is 0.417 e. The van der Waals surface area contributed by atoms with E-state index in [-0.39, 0.29) is 35.6 Å². The Morgan fingerprint density at radius 2 is 1.73 bits per heavy atom. The third-order valence-electron chi connectivity index (χ3n) is 12.2. The number of alkyl halides is 3. The molecular formula is C39H39F3N8O5. The van der Waals surface area contributed by atoms with Crippen LogP contribution >= 0.6 is 0 Å². The van der Waals surface area contributed by atoms with Gasteiger partial charge in [-0.25, -0.2) is 0 Å². The molecule has 5 amide bonds. The van der Waals surface area contributed by atoms with Gasteiger partial charge in [-0.15, -0.1) is 0 Å². The van der Waals surface area contributed by atoms with Gasteiger partial charge in [0.1, 0.15) is 11.6 Å². The summed E-state index contributed by atoms with van der Waals surface area (Å²) >= 11 is 0. The quantitative estimate of drug-likeness (QED) is 0.333. The molecule has 4 aliphatic heterocycles. The zero-order chi connectivity index (χ0) is 39.0. The number of halogens is 3. The van der Waals surface area contributed by atoms with Crippen LogP contribution in [0.5, 0.6) is 0 Å². The van der Waals surface area contributed by atoms with E-state index >= 15 is 0 Å². The second kappa shape index (κ2) is 13.3. The molecule has 5 aliphatic rings. The SMILES string of the molecule is CC(C)(C(=O)Nc1ccc(C#N)c(C(F)(F)F)c1)n1cc(C2CCN(C3CC4CC3CN4c3ccc4c(c3)C(=O)N(C3CCC(=O)NC3=O)C4=O)CC2)cn1. The molecule has 8 rings (SSSR count). The van der Waals surface area contributed by atoms with Crippen molar-refractivity contribution in [2.24, 2.45) is 5.92 Å². The molecule has 4 fully saturated rings. The lowest BCUT2D eigenvalue weighted by molar-refractivity contribution is -0.138. The van der Waals surface area contributed by atoms with Crippen LogP contribution in [0.25, 0.3) is 0 Å². The average molecular weight is 757 g/mol. The lowest BCUT2D eigenvalue weighted by atomic mass is 9.89. The molecule has 286 valence electrons. The number of nitriles is 1. The summed E-state index contributed by atoms with van der Waals surface area (Å²) in [6, 6.07) is 9.65.